The van der Waals surface area contributed by atoms with E-state index in [9.17, 15) is 18.3 Å². The molecule has 1 aliphatic carbocycles. The van der Waals surface area contributed by atoms with E-state index in [0.29, 0.717) is 49.8 Å². The first-order valence-corrected chi connectivity index (χ1v) is 13.4. The molecule has 1 saturated heterocycles. The van der Waals surface area contributed by atoms with Crippen molar-refractivity contribution < 1.29 is 23.0 Å². The SMILES string of the molecule is CC[C@H]1COCCN1c1cc(C2(S(C)(O)O)CC2)nc(-c2ccc(NC(=O)NCCF)cc2)n1. The highest BCUT2D eigenvalue weighted by molar-refractivity contribution is 8.24. The fourth-order valence-corrected chi connectivity index (χ4v) is 5.61. The highest BCUT2D eigenvalue weighted by atomic mass is 32.3. The summed E-state index contributed by atoms with van der Waals surface area (Å²) in [5.41, 5.74) is 1.93. The summed E-state index contributed by atoms with van der Waals surface area (Å²) in [4.78, 5) is 23.6. The summed E-state index contributed by atoms with van der Waals surface area (Å²) in [6.45, 7) is 3.34. The van der Waals surface area contributed by atoms with Gasteiger partial charge in [0.15, 0.2) is 5.82 Å². The quantitative estimate of drug-likeness (QED) is 0.435. The van der Waals surface area contributed by atoms with Crippen LogP contribution in [0.5, 0.6) is 0 Å². The summed E-state index contributed by atoms with van der Waals surface area (Å²) in [6.07, 6.45) is 3.71. The third-order valence-electron chi connectivity index (χ3n) is 6.40. The lowest BCUT2D eigenvalue weighted by atomic mass is 10.1. The van der Waals surface area contributed by atoms with Crippen LogP contribution in [0, 0.1) is 0 Å². The molecule has 2 amide bonds. The van der Waals surface area contributed by atoms with E-state index >= 15 is 0 Å². The number of morpholine rings is 1. The number of anilines is 2. The number of alkyl halides is 1. The highest BCUT2D eigenvalue weighted by Gasteiger charge is 2.55. The smallest absolute Gasteiger partial charge is 0.319 e. The Kier molecular flexibility index (Phi) is 7.27. The van der Waals surface area contributed by atoms with E-state index < -0.39 is 28.0 Å². The van der Waals surface area contributed by atoms with E-state index in [1.165, 1.54) is 6.26 Å². The Morgan fingerprint density at radius 1 is 1.29 bits per heavy atom. The molecule has 2 fully saturated rings. The lowest BCUT2D eigenvalue weighted by Crippen LogP contribution is -2.45. The zero-order chi connectivity index (χ0) is 24.3. The maximum absolute atomic E-state index is 12.2. The molecule has 1 atom stereocenters. The fourth-order valence-electron chi connectivity index (χ4n) is 4.23. The molecule has 1 aliphatic heterocycles. The number of hydrogen-bond donors (Lipinski definition) is 4. The summed E-state index contributed by atoms with van der Waals surface area (Å²) in [7, 11) is -2.85. The van der Waals surface area contributed by atoms with E-state index in [-0.39, 0.29) is 12.6 Å². The van der Waals surface area contributed by atoms with Crippen LogP contribution in [0.4, 0.5) is 20.7 Å². The topological polar surface area (TPSA) is 120 Å². The van der Waals surface area contributed by atoms with Gasteiger partial charge in [0.1, 0.15) is 17.2 Å². The van der Waals surface area contributed by atoms with E-state index in [1.807, 2.05) is 6.07 Å². The minimum absolute atomic E-state index is 0.0496. The number of ether oxygens (including phenoxy) is 1. The average molecular weight is 494 g/mol. The van der Waals surface area contributed by atoms with Gasteiger partial charge in [-0.3, -0.25) is 9.11 Å². The predicted molar refractivity (Wildman–Crippen MR) is 132 cm³/mol. The summed E-state index contributed by atoms with van der Waals surface area (Å²) in [5, 5.41) is 5.07. The van der Waals surface area contributed by atoms with E-state index in [2.05, 4.69) is 22.5 Å². The molecule has 0 unspecified atom stereocenters. The van der Waals surface area contributed by atoms with Crippen molar-refractivity contribution in [2.45, 2.75) is 37.0 Å². The first-order chi connectivity index (χ1) is 16.3. The van der Waals surface area contributed by atoms with Crippen LogP contribution in [0.3, 0.4) is 0 Å². The molecular formula is C23H32FN5O4S. The average Bonchev–Trinajstić information content (AvgIpc) is 3.65. The molecule has 186 valence electrons. The number of nitrogens with zero attached hydrogens (tertiary/aromatic N) is 3. The number of rotatable bonds is 8. The Labute approximate surface area is 200 Å². The second kappa shape index (κ2) is 10.0. The maximum Gasteiger partial charge on any atom is 0.319 e. The van der Waals surface area contributed by atoms with Crippen molar-refractivity contribution in [3.05, 3.63) is 36.0 Å². The van der Waals surface area contributed by atoms with Gasteiger partial charge in [-0.25, -0.2) is 19.2 Å². The fraction of sp³-hybridized carbons (Fsp3) is 0.522. The Bertz CT molecular complexity index is 1010. The molecule has 0 radical (unpaired) electrons. The summed E-state index contributed by atoms with van der Waals surface area (Å²) >= 11 is 0. The number of carbonyl (C=O) groups excluding carboxylic acids is 1. The maximum atomic E-state index is 12.2. The Morgan fingerprint density at radius 3 is 2.65 bits per heavy atom. The third-order valence-corrected chi connectivity index (χ3v) is 8.50. The summed E-state index contributed by atoms with van der Waals surface area (Å²) in [6, 6.07) is 8.65. The molecule has 1 saturated carbocycles. The molecule has 11 heteroatoms. The number of amides is 2. The van der Waals surface area contributed by atoms with Gasteiger partial charge in [-0.15, -0.1) is 0 Å². The van der Waals surface area contributed by atoms with Crippen molar-refractivity contribution in [1.29, 1.82) is 0 Å². The van der Waals surface area contributed by atoms with Gasteiger partial charge in [-0.1, -0.05) is 6.92 Å². The van der Waals surface area contributed by atoms with Gasteiger partial charge in [0.2, 0.25) is 0 Å². The summed E-state index contributed by atoms with van der Waals surface area (Å²) in [5.74, 6) is 1.23. The number of urea groups is 1. The minimum Gasteiger partial charge on any atom is -0.377 e. The van der Waals surface area contributed by atoms with Gasteiger partial charge in [0, 0.05) is 36.7 Å². The van der Waals surface area contributed by atoms with Crippen LogP contribution in [0.2, 0.25) is 0 Å². The lowest BCUT2D eigenvalue weighted by molar-refractivity contribution is 0.0925. The van der Waals surface area contributed by atoms with Crippen molar-refractivity contribution in [2.24, 2.45) is 0 Å². The standard InChI is InChI=1S/C23H32FN5O4S/c1-3-18-15-33-13-12-29(18)20-14-19(23(8-9-23)34(2,31)32)27-21(28-20)16-4-6-17(7-5-16)26-22(30)25-11-10-24/h4-7,14,18,31-32H,3,8-13,15H2,1-2H3,(H2,25,26,30)/t18-/m0/s1. The Morgan fingerprint density at radius 2 is 2.03 bits per heavy atom. The van der Waals surface area contributed by atoms with Crippen LogP contribution in [-0.2, 0) is 9.48 Å². The monoisotopic (exact) mass is 493 g/mol. The molecular weight excluding hydrogens is 461 g/mol. The van der Waals surface area contributed by atoms with Crippen molar-refractivity contribution in [3.63, 3.8) is 0 Å². The van der Waals surface area contributed by atoms with E-state index in [4.69, 9.17) is 14.7 Å². The number of carbonyl (C=O) groups is 1. The van der Waals surface area contributed by atoms with Crippen LogP contribution < -0.4 is 15.5 Å². The van der Waals surface area contributed by atoms with Gasteiger partial charge in [-0.2, -0.15) is 10.6 Å². The second-order valence-corrected chi connectivity index (χ2v) is 11.2. The highest BCUT2D eigenvalue weighted by Crippen LogP contribution is 2.69. The molecule has 0 bridgehead atoms. The lowest BCUT2D eigenvalue weighted by Gasteiger charge is -2.39. The minimum atomic E-state index is -2.85. The molecule has 4 rings (SSSR count). The molecule has 2 aromatic rings. The Hall–Kier alpha value is -2.47. The van der Waals surface area contributed by atoms with Crippen LogP contribution in [0.15, 0.2) is 30.3 Å². The first kappa shape index (κ1) is 24.6. The molecule has 0 spiro atoms. The van der Waals surface area contributed by atoms with E-state index in [1.54, 1.807) is 24.3 Å². The van der Waals surface area contributed by atoms with Crippen molar-refractivity contribution in [1.82, 2.24) is 15.3 Å². The van der Waals surface area contributed by atoms with Crippen LogP contribution in [0.1, 0.15) is 31.9 Å². The number of aromatic nitrogens is 2. The molecule has 1 aromatic heterocycles. The van der Waals surface area contributed by atoms with Crippen molar-refractivity contribution in [2.75, 3.05) is 49.5 Å². The molecule has 1 aromatic carbocycles. The van der Waals surface area contributed by atoms with Crippen molar-refractivity contribution >= 4 is 28.1 Å². The van der Waals surface area contributed by atoms with Gasteiger partial charge in [0.25, 0.3) is 0 Å². The zero-order valence-electron chi connectivity index (χ0n) is 19.5. The Balaban J connectivity index is 1.68. The zero-order valence-corrected chi connectivity index (χ0v) is 20.3. The molecule has 4 N–H and O–H groups in total. The van der Waals surface area contributed by atoms with Gasteiger partial charge in [-0.05, 0) is 43.5 Å². The number of halogens is 1. The normalized spacial score (nSPS) is 20.0. The van der Waals surface area contributed by atoms with Crippen molar-refractivity contribution in [3.8, 4) is 11.4 Å². The first-order valence-electron chi connectivity index (χ1n) is 11.5. The van der Waals surface area contributed by atoms with E-state index in [0.717, 1.165) is 17.8 Å². The number of hydrogen-bond acceptors (Lipinski definition) is 7. The van der Waals surface area contributed by atoms with Gasteiger partial charge < -0.3 is 20.3 Å². The number of benzene rings is 1. The third kappa shape index (κ3) is 5.12. The molecule has 34 heavy (non-hydrogen) atoms. The van der Waals surface area contributed by atoms with Gasteiger partial charge in [0.05, 0.1) is 24.9 Å². The molecule has 2 heterocycles. The second-order valence-electron chi connectivity index (χ2n) is 8.74. The number of nitrogens with one attached hydrogen (secondary N) is 2. The predicted octanol–water partition coefficient (Wildman–Crippen LogP) is 4.22. The molecule has 9 nitrogen and oxygen atoms in total. The largest absolute Gasteiger partial charge is 0.377 e. The van der Waals surface area contributed by atoms with Crippen LogP contribution in [-0.4, -0.2) is 70.4 Å². The van der Waals surface area contributed by atoms with Crippen LogP contribution in [0.25, 0.3) is 11.4 Å². The molecule has 2 aliphatic rings. The summed E-state index contributed by atoms with van der Waals surface area (Å²) < 4.78 is 38.3. The van der Waals surface area contributed by atoms with Gasteiger partial charge >= 0.3 is 6.03 Å². The van der Waals surface area contributed by atoms with Crippen LogP contribution >= 0.6 is 10.6 Å².